The molecule has 2 aromatic carbocycles. The van der Waals surface area contributed by atoms with Crippen LogP contribution in [0.5, 0.6) is 0 Å². The molecule has 2 nitrogen and oxygen atoms in total. The lowest BCUT2D eigenvalue weighted by Gasteiger charge is -2.12. The van der Waals surface area contributed by atoms with Crippen LogP contribution in [-0.2, 0) is 6.18 Å². The highest BCUT2D eigenvalue weighted by Crippen LogP contribution is 2.32. The average Bonchev–Trinajstić information content (AvgIpc) is 2.47. The van der Waals surface area contributed by atoms with E-state index in [9.17, 15) is 13.2 Å². The summed E-state index contributed by atoms with van der Waals surface area (Å²) in [6.45, 7) is 0. The minimum absolute atomic E-state index is 0.0428. The van der Waals surface area contributed by atoms with Crippen molar-refractivity contribution < 1.29 is 13.2 Å². The van der Waals surface area contributed by atoms with Crippen LogP contribution < -0.4 is 5.32 Å². The van der Waals surface area contributed by atoms with Gasteiger partial charge < -0.3 is 5.32 Å². The zero-order valence-corrected chi connectivity index (χ0v) is 11.8. The summed E-state index contributed by atoms with van der Waals surface area (Å²) in [7, 11) is 0. The summed E-state index contributed by atoms with van der Waals surface area (Å²) in [4.78, 5) is 1.08. The van der Waals surface area contributed by atoms with Gasteiger partial charge in [0.1, 0.15) is 6.07 Å². The molecule has 0 aliphatic carbocycles. The number of halogens is 3. The first-order chi connectivity index (χ1) is 9.94. The molecule has 0 aliphatic heterocycles. The molecule has 0 spiro atoms. The average molecular weight is 308 g/mol. The fourth-order valence-electron chi connectivity index (χ4n) is 1.75. The van der Waals surface area contributed by atoms with Crippen molar-refractivity contribution in [3.8, 4) is 6.07 Å². The normalized spacial score (nSPS) is 11.0. The topological polar surface area (TPSA) is 35.8 Å². The van der Waals surface area contributed by atoms with Crippen LogP contribution in [0.3, 0.4) is 0 Å². The number of hydrogen-bond donors (Lipinski definition) is 1. The number of nitrogens with zero attached hydrogens (tertiary/aromatic N) is 1. The molecule has 2 rings (SSSR count). The van der Waals surface area contributed by atoms with Gasteiger partial charge in [0.2, 0.25) is 0 Å². The molecule has 0 atom stereocenters. The minimum Gasteiger partial charge on any atom is -0.354 e. The van der Waals surface area contributed by atoms with E-state index in [0.29, 0.717) is 11.4 Å². The van der Waals surface area contributed by atoms with Gasteiger partial charge in [-0.15, -0.1) is 11.8 Å². The molecular formula is C15H11F3N2S. The second-order valence-corrected chi connectivity index (χ2v) is 5.10. The van der Waals surface area contributed by atoms with Crippen LogP contribution in [0.2, 0.25) is 0 Å². The van der Waals surface area contributed by atoms with Crippen molar-refractivity contribution in [2.75, 3.05) is 11.6 Å². The second-order valence-electron chi connectivity index (χ2n) is 4.22. The molecule has 0 bridgehead atoms. The van der Waals surface area contributed by atoms with Crippen molar-refractivity contribution in [2.24, 2.45) is 0 Å². The summed E-state index contributed by atoms with van der Waals surface area (Å²) < 4.78 is 37.8. The number of thioether (sulfide) groups is 1. The van der Waals surface area contributed by atoms with Gasteiger partial charge in [0, 0.05) is 10.6 Å². The highest BCUT2D eigenvalue weighted by atomic mass is 32.2. The van der Waals surface area contributed by atoms with Crippen molar-refractivity contribution in [3.63, 3.8) is 0 Å². The van der Waals surface area contributed by atoms with E-state index >= 15 is 0 Å². The fourth-order valence-corrected chi connectivity index (χ4v) is 2.16. The number of benzene rings is 2. The molecule has 0 fully saturated rings. The Labute approximate surface area is 124 Å². The molecule has 1 N–H and O–H groups in total. The van der Waals surface area contributed by atoms with Gasteiger partial charge in [-0.05, 0) is 48.7 Å². The molecule has 0 aliphatic rings. The molecule has 6 heteroatoms. The summed E-state index contributed by atoms with van der Waals surface area (Å²) in [6.07, 6.45) is -2.50. The van der Waals surface area contributed by atoms with E-state index in [4.69, 9.17) is 5.26 Å². The minimum atomic E-state index is -4.45. The lowest BCUT2D eigenvalue weighted by Crippen LogP contribution is -2.06. The van der Waals surface area contributed by atoms with Crippen LogP contribution in [-0.4, -0.2) is 6.26 Å². The number of hydrogen-bond acceptors (Lipinski definition) is 3. The van der Waals surface area contributed by atoms with Gasteiger partial charge in [-0.25, -0.2) is 0 Å². The van der Waals surface area contributed by atoms with Crippen LogP contribution in [0.4, 0.5) is 24.5 Å². The third kappa shape index (κ3) is 3.70. The maximum Gasteiger partial charge on any atom is 0.416 e. The monoisotopic (exact) mass is 308 g/mol. The summed E-state index contributed by atoms with van der Waals surface area (Å²) in [5.41, 5.74) is 0.188. The highest BCUT2D eigenvalue weighted by Gasteiger charge is 2.31. The first-order valence-corrected chi connectivity index (χ1v) is 7.19. The Bertz CT molecular complexity index is 673. The lowest BCUT2D eigenvalue weighted by atomic mass is 10.1. The van der Waals surface area contributed by atoms with Crippen LogP contribution in [0.25, 0.3) is 0 Å². The van der Waals surface area contributed by atoms with Crippen molar-refractivity contribution in [1.82, 2.24) is 0 Å². The zero-order valence-electron chi connectivity index (χ0n) is 11.0. The largest absolute Gasteiger partial charge is 0.416 e. The van der Waals surface area contributed by atoms with E-state index in [0.717, 1.165) is 17.0 Å². The van der Waals surface area contributed by atoms with E-state index in [1.807, 2.05) is 30.5 Å². The van der Waals surface area contributed by atoms with Crippen LogP contribution >= 0.6 is 11.8 Å². The Hall–Kier alpha value is -2.13. The van der Waals surface area contributed by atoms with E-state index in [1.165, 1.54) is 6.07 Å². The maximum absolute atomic E-state index is 12.6. The molecule has 2 aromatic rings. The quantitative estimate of drug-likeness (QED) is 0.807. The number of anilines is 2. The Morgan fingerprint density at radius 2 is 1.76 bits per heavy atom. The summed E-state index contributed by atoms with van der Waals surface area (Å²) in [5, 5.41) is 12.0. The molecule has 0 amide bonds. The maximum atomic E-state index is 12.6. The highest BCUT2D eigenvalue weighted by molar-refractivity contribution is 7.98. The predicted octanol–water partition coefficient (Wildman–Crippen LogP) is 5.04. The first kappa shape index (κ1) is 15.3. The van der Waals surface area contributed by atoms with Crippen molar-refractivity contribution in [2.45, 2.75) is 11.1 Å². The van der Waals surface area contributed by atoms with Crippen molar-refractivity contribution in [1.29, 1.82) is 5.26 Å². The summed E-state index contributed by atoms with van der Waals surface area (Å²) >= 11 is 1.59. The Morgan fingerprint density at radius 1 is 1.10 bits per heavy atom. The summed E-state index contributed by atoms with van der Waals surface area (Å²) in [5.74, 6) is 0. The Morgan fingerprint density at radius 3 is 2.29 bits per heavy atom. The molecular weight excluding hydrogens is 297 g/mol. The van der Waals surface area contributed by atoms with Gasteiger partial charge in [0.15, 0.2) is 0 Å². The van der Waals surface area contributed by atoms with Gasteiger partial charge in [-0.1, -0.05) is 0 Å². The smallest absolute Gasteiger partial charge is 0.354 e. The van der Waals surface area contributed by atoms with E-state index < -0.39 is 11.7 Å². The molecule has 0 saturated carbocycles. The summed E-state index contributed by atoms with van der Waals surface area (Å²) in [6, 6.07) is 12.3. The van der Waals surface area contributed by atoms with Crippen molar-refractivity contribution in [3.05, 3.63) is 53.6 Å². The molecule has 0 saturated heterocycles. The van der Waals surface area contributed by atoms with Crippen LogP contribution in [0.1, 0.15) is 11.1 Å². The van der Waals surface area contributed by atoms with E-state index in [-0.39, 0.29) is 5.56 Å². The van der Waals surface area contributed by atoms with E-state index in [2.05, 4.69) is 5.32 Å². The molecule has 21 heavy (non-hydrogen) atoms. The standard InChI is InChI=1S/C15H11F3N2S/c1-21-13-5-3-12(4-6-13)20-14-7-2-11(15(16,17)18)8-10(14)9-19/h2-8,20H,1H3. The molecule has 0 unspecified atom stereocenters. The number of nitriles is 1. The van der Waals surface area contributed by atoms with Gasteiger partial charge in [-0.3, -0.25) is 0 Å². The van der Waals surface area contributed by atoms with Gasteiger partial charge in [0.25, 0.3) is 0 Å². The Balaban J connectivity index is 2.29. The van der Waals surface area contributed by atoms with Gasteiger partial charge >= 0.3 is 6.18 Å². The fraction of sp³-hybridized carbons (Fsp3) is 0.133. The Kier molecular flexibility index (Phi) is 4.43. The molecule has 0 heterocycles. The number of alkyl halides is 3. The van der Waals surface area contributed by atoms with Gasteiger partial charge in [-0.2, -0.15) is 18.4 Å². The third-order valence-corrected chi connectivity index (χ3v) is 3.58. The number of nitrogens with one attached hydrogen (secondary N) is 1. The molecule has 0 aromatic heterocycles. The third-order valence-electron chi connectivity index (χ3n) is 2.84. The second kappa shape index (κ2) is 6.10. The lowest BCUT2D eigenvalue weighted by molar-refractivity contribution is -0.137. The first-order valence-electron chi connectivity index (χ1n) is 5.96. The van der Waals surface area contributed by atoms with Crippen molar-refractivity contribution >= 4 is 23.1 Å². The zero-order chi connectivity index (χ0) is 15.5. The SMILES string of the molecule is CSc1ccc(Nc2ccc(C(F)(F)F)cc2C#N)cc1. The van der Waals surface area contributed by atoms with Crippen LogP contribution in [0.15, 0.2) is 47.4 Å². The molecule has 0 radical (unpaired) electrons. The van der Waals surface area contributed by atoms with Gasteiger partial charge in [0.05, 0.1) is 16.8 Å². The predicted molar refractivity (Wildman–Crippen MR) is 77.7 cm³/mol. The van der Waals surface area contributed by atoms with Crippen LogP contribution in [0, 0.1) is 11.3 Å². The van der Waals surface area contributed by atoms with E-state index in [1.54, 1.807) is 17.8 Å². The molecule has 108 valence electrons. The number of rotatable bonds is 3.